The fourth-order valence-electron chi connectivity index (χ4n) is 3.39. The van der Waals surface area contributed by atoms with Gasteiger partial charge in [0.2, 0.25) is 5.91 Å². The predicted molar refractivity (Wildman–Crippen MR) is 114 cm³/mol. The zero-order valence-electron chi connectivity index (χ0n) is 16.9. The van der Waals surface area contributed by atoms with E-state index in [9.17, 15) is 9.59 Å². The first kappa shape index (κ1) is 19.4. The van der Waals surface area contributed by atoms with Crippen molar-refractivity contribution in [3.05, 3.63) is 76.3 Å². The van der Waals surface area contributed by atoms with E-state index < -0.39 is 0 Å². The summed E-state index contributed by atoms with van der Waals surface area (Å²) in [5.74, 6) is 0.158. The van der Waals surface area contributed by atoms with Crippen molar-refractivity contribution >= 4 is 22.5 Å². The highest BCUT2D eigenvalue weighted by Crippen LogP contribution is 2.23. The van der Waals surface area contributed by atoms with Gasteiger partial charge in [-0.2, -0.15) is 10.2 Å². The highest BCUT2D eigenvalue weighted by atomic mass is 16.5. The Kier molecular flexibility index (Phi) is 5.05. The van der Waals surface area contributed by atoms with Gasteiger partial charge >= 0.3 is 0 Å². The van der Waals surface area contributed by atoms with E-state index in [1.165, 1.54) is 11.8 Å². The van der Waals surface area contributed by atoms with Gasteiger partial charge in [-0.15, -0.1) is 0 Å². The molecule has 0 radical (unpaired) electrons. The van der Waals surface area contributed by atoms with Crippen molar-refractivity contribution in [1.82, 2.24) is 19.6 Å². The Balaban J connectivity index is 1.73. The highest BCUT2D eigenvalue weighted by Gasteiger charge is 2.17. The lowest BCUT2D eigenvalue weighted by atomic mass is 10.2. The summed E-state index contributed by atoms with van der Waals surface area (Å²) in [5, 5.41) is 12.1. The summed E-state index contributed by atoms with van der Waals surface area (Å²) in [4.78, 5) is 25.8. The normalized spacial score (nSPS) is 10.9. The first-order chi connectivity index (χ1) is 14.5. The summed E-state index contributed by atoms with van der Waals surface area (Å²) in [6, 6.07) is 14.8. The fourth-order valence-corrected chi connectivity index (χ4v) is 3.39. The zero-order chi connectivity index (χ0) is 21.3. The summed E-state index contributed by atoms with van der Waals surface area (Å²) in [6.07, 6.45) is 1.63. The number of ether oxygens (including phenoxy) is 1. The van der Waals surface area contributed by atoms with Crippen molar-refractivity contribution in [3.63, 3.8) is 0 Å². The van der Waals surface area contributed by atoms with Gasteiger partial charge in [0.1, 0.15) is 17.8 Å². The molecule has 0 aliphatic heterocycles. The molecule has 30 heavy (non-hydrogen) atoms. The number of hydrogen-bond acceptors (Lipinski definition) is 5. The standard InChI is InChI=1S/C22H21N5O3/c1-14-8-4-6-10-18(14)27-21-16(12-23-27)15(2)25-26(22(21)29)13-20(28)24-17-9-5-7-11-19(17)30-3/h4-12H,13H2,1-3H3,(H,24,28). The number of hydrogen-bond donors (Lipinski definition) is 1. The third-order valence-electron chi connectivity index (χ3n) is 4.88. The number of carbonyl (C=O) groups excluding carboxylic acids is 1. The molecule has 0 unspecified atom stereocenters. The molecule has 0 aliphatic carbocycles. The van der Waals surface area contributed by atoms with Crippen LogP contribution in [-0.2, 0) is 11.3 Å². The monoisotopic (exact) mass is 403 g/mol. The molecular formula is C22H21N5O3. The minimum absolute atomic E-state index is 0.230. The molecule has 0 saturated carbocycles. The van der Waals surface area contributed by atoms with Crippen molar-refractivity contribution < 1.29 is 9.53 Å². The smallest absolute Gasteiger partial charge is 0.293 e. The molecule has 0 spiro atoms. The van der Waals surface area contributed by atoms with Crippen molar-refractivity contribution in [3.8, 4) is 11.4 Å². The molecule has 0 fully saturated rings. The van der Waals surface area contributed by atoms with E-state index in [0.717, 1.165) is 11.3 Å². The fraction of sp³-hybridized carbons (Fsp3) is 0.182. The van der Waals surface area contributed by atoms with Crippen LogP contribution in [0, 0.1) is 13.8 Å². The molecular weight excluding hydrogens is 382 g/mol. The van der Waals surface area contributed by atoms with Gasteiger partial charge in [0, 0.05) is 5.39 Å². The second-order valence-electron chi connectivity index (χ2n) is 6.90. The maximum absolute atomic E-state index is 13.2. The molecule has 152 valence electrons. The molecule has 2 aromatic carbocycles. The third kappa shape index (κ3) is 3.43. The minimum atomic E-state index is -0.383. The number of nitrogens with one attached hydrogen (secondary N) is 1. The Morgan fingerprint density at radius 2 is 1.83 bits per heavy atom. The molecule has 4 aromatic rings. The zero-order valence-corrected chi connectivity index (χ0v) is 16.9. The molecule has 1 amide bonds. The highest BCUT2D eigenvalue weighted by molar-refractivity contribution is 5.92. The van der Waals surface area contributed by atoms with Crippen molar-refractivity contribution in [1.29, 1.82) is 0 Å². The van der Waals surface area contributed by atoms with E-state index in [4.69, 9.17) is 4.74 Å². The molecule has 2 heterocycles. The summed E-state index contributed by atoms with van der Waals surface area (Å²) in [7, 11) is 1.53. The van der Waals surface area contributed by atoms with Gasteiger partial charge in [-0.05, 0) is 37.6 Å². The Morgan fingerprint density at radius 3 is 2.60 bits per heavy atom. The van der Waals surface area contributed by atoms with Crippen LogP contribution in [0.5, 0.6) is 5.75 Å². The van der Waals surface area contributed by atoms with Gasteiger partial charge in [-0.25, -0.2) is 9.36 Å². The quantitative estimate of drug-likeness (QED) is 0.553. The van der Waals surface area contributed by atoms with E-state index >= 15 is 0 Å². The number of methoxy groups -OCH3 is 1. The van der Waals surface area contributed by atoms with E-state index in [2.05, 4.69) is 15.5 Å². The average Bonchev–Trinajstić information content (AvgIpc) is 3.18. The first-order valence-corrected chi connectivity index (χ1v) is 9.44. The molecule has 4 rings (SSSR count). The van der Waals surface area contributed by atoms with Gasteiger partial charge in [0.05, 0.1) is 30.4 Å². The molecule has 8 nitrogen and oxygen atoms in total. The lowest BCUT2D eigenvalue weighted by Crippen LogP contribution is -2.31. The lowest BCUT2D eigenvalue weighted by molar-refractivity contribution is -0.117. The van der Waals surface area contributed by atoms with Crippen LogP contribution >= 0.6 is 0 Å². The molecule has 0 aliphatic rings. The number of anilines is 1. The van der Waals surface area contributed by atoms with E-state index in [1.54, 1.807) is 36.0 Å². The minimum Gasteiger partial charge on any atom is -0.495 e. The Labute approximate surface area is 172 Å². The number of fused-ring (bicyclic) bond motifs is 1. The van der Waals surface area contributed by atoms with Gasteiger partial charge in [-0.3, -0.25) is 9.59 Å². The Hall–Kier alpha value is -3.94. The first-order valence-electron chi connectivity index (χ1n) is 9.44. The third-order valence-corrected chi connectivity index (χ3v) is 4.88. The lowest BCUT2D eigenvalue weighted by Gasteiger charge is -2.12. The number of carbonyl (C=O) groups is 1. The van der Waals surface area contributed by atoms with Gasteiger partial charge in [0.25, 0.3) is 5.56 Å². The summed E-state index contributed by atoms with van der Waals surface area (Å²) < 4.78 is 8.02. The van der Waals surface area contributed by atoms with Crippen LogP contribution in [0.15, 0.2) is 59.5 Å². The van der Waals surface area contributed by atoms with Crippen molar-refractivity contribution in [2.75, 3.05) is 12.4 Å². The number of para-hydroxylation sites is 3. The number of aryl methyl sites for hydroxylation is 2. The SMILES string of the molecule is COc1ccccc1NC(=O)Cn1nc(C)c2cnn(-c3ccccc3C)c2c1=O. The van der Waals surface area contributed by atoms with Crippen LogP contribution in [0.2, 0.25) is 0 Å². The number of amides is 1. The predicted octanol–water partition coefficient (Wildman–Crippen LogP) is 2.85. The maximum Gasteiger partial charge on any atom is 0.293 e. The molecule has 2 aromatic heterocycles. The largest absolute Gasteiger partial charge is 0.495 e. The number of nitrogens with zero attached hydrogens (tertiary/aromatic N) is 4. The Morgan fingerprint density at radius 1 is 1.10 bits per heavy atom. The molecule has 0 saturated heterocycles. The average molecular weight is 403 g/mol. The van der Waals surface area contributed by atoms with Gasteiger partial charge < -0.3 is 10.1 Å². The van der Waals surface area contributed by atoms with Crippen LogP contribution < -0.4 is 15.6 Å². The van der Waals surface area contributed by atoms with Gasteiger partial charge in [-0.1, -0.05) is 30.3 Å². The van der Waals surface area contributed by atoms with Crippen LogP contribution in [0.25, 0.3) is 16.6 Å². The maximum atomic E-state index is 13.2. The van der Waals surface area contributed by atoms with E-state index in [0.29, 0.717) is 28.0 Å². The van der Waals surface area contributed by atoms with Crippen LogP contribution in [0.3, 0.4) is 0 Å². The summed E-state index contributed by atoms with van der Waals surface area (Å²) in [5.41, 5.74) is 2.95. The molecule has 8 heteroatoms. The number of rotatable bonds is 5. The van der Waals surface area contributed by atoms with Gasteiger partial charge in [0.15, 0.2) is 0 Å². The topological polar surface area (TPSA) is 91.0 Å². The van der Waals surface area contributed by atoms with E-state index in [-0.39, 0.29) is 18.0 Å². The van der Waals surface area contributed by atoms with Crippen molar-refractivity contribution in [2.24, 2.45) is 0 Å². The molecule has 0 atom stereocenters. The number of aromatic nitrogens is 4. The second-order valence-corrected chi connectivity index (χ2v) is 6.90. The van der Waals surface area contributed by atoms with Crippen LogP contribution in [0.1, 0.15) is 11.3 Å². The molecule has 0 bridgehead atoms. The molecule has 1 N–H and O–H groups in total. The summed E-state index contributed by atoms with van der Waals surface area (Å²) in [6.45, 7) is 3.52. The Bertz CT molecular complexity index is 1310. The van der Waals surface area contributed by atoms with Crippen LogP contribution in [0.4, 0.5) is 5.69 Å². The second kappa shape index (κ2) is 7.82. The number of benzene rings is 2. The van der Waals surface area contributed by atoms with E-state index in [1.807, 2.05) is 37.3 Å². The summed E-state index contributed by atoms with van der Waals surface area (Å²) >= 11 is 0. The van der Waals surface area contributed by atoms with Crippen molar-refractivity contribution in [2.45, 2.75) is 20.4 Å². The van der Waals surface area contributed by atoms with Crippen LogP contribution in [-0.4, -0.2) is 32.6 Å².